The zero-order valence-corrected chi connectivity index (χ0v) is 13.5. The Hall–Kier alpha value is -0.650. The minimum absolute atomic E-state index is 0.322. The fourth-order valence-corrected chi connectivity index (χ4v) is 3.15. The number of amides is 1. The van der Waals surface area contributed by atoms with E-state index in [9.17, 15) is 4.79 Å². The Labute approximate surface area is 129 Å². The summed E-state index contributed by atoms with van der Waals surface area (Å²) >= 11 is 0. The van der Waals surface area contributed by atoms with Crippen LogP contribution in [0.15, 0.2) is 0 Å². The molecule has 1 amide bonds. The van der Waals surface area contributed by atoms with Gasteiger partial charge in [-0.2, -0.15) is 0 Å². The summed E-state index contributed by atoms with van der Waals surface area (Å²) in [6.45, 7) is 11.0. The van der Waals surface area contributed by atoms with Gasteiger partial charge in [0, 0.05) is 39.1 Å². The molecule has 2 heterocycles. The minimum Gasteiger partial charge on any atom is -0.379 e. The highest BCUT2D eigenvalue weighted by atomic mass is 16.5. The molecule has 0 radical (unpaired) electrons. The van der Waals surface area contributed by atoms with E-state index in [2.05, 4.69) is 17.1 Å². The van der Waals surface area contributed by atoms with E-state index < -0.39 is 0 Å². The topological polar surface area (TPSA) is 44.8 Å². The third-order valence-corrected chi connectivity index (χ3v) is 4.46. The van der Waals surface area contributed by atoms with Gasteiger partial charge in [-0.1, -0.05) is 6.92 Å². The molecule has 2 aliphatic rings. The largest absolute Gasteiger partial charge is 0.379 e. The van der Waals surface area contributed by atoms with Crippen LogP contribution in [-0.4, -0.2) is 74.7 Å². The van der Waals surface area contributed by atoms with E-state index in [0.29, 0.717) is 18.2 Å². The summed E-state index contributed by atoms with van der Waals surface area (Å²) in [5, 5.41) is 3.40. The van der Waals surface area contributed by atoms with Crippen LogP contribution in [-0.2, 0) is 9.53 Å². The van der Waals surface area contributed by atoms with Crippen LogP contribution in [0.3, 0.4) is 0 Å². The van der Waals surface area contributed by atoms with Crippen LogP contribution in [0.5, 0.6) is 0 Å². The third-order valence-electron chi connectivity index (χ3n) is 4.46. The fraction of sp³-hybridized carbons (Fsp3) is 0.938. The van der Waals surface area contributed by atoms with Crippen molar-refractivity contribution in [2.24, 2.45) is 5.92 Å². The lowest BCUT2D eigenvalue weighted by atomic mass is 10.00. The Morgan fingerprint density at radius 2 is 2.05 bits per heavy atom. The van der Waals surface area contributed by atoms with Gasteiger partial charge in [0.15, 0.2) is 0 Å². The number of piperidine rings is 1. The van der Waals surface area contributed by atoms with Gasteiger partial charge in [0.2, 0.25) is 5.91 Å². The van der Waals surface area contributed by atoms with Gasteiger partial charge in [0.1, 0.15) is 0 Å². The predicted molar refractivity (Wildman–Crippen MR) is 84.3 cm³/mol. The molecule has 0 spiro atoms. The number of rotatable bonds is 7. The molecule has 0 unspecified atom stereocenters. The van der Waals surface area contributed by atoms with Crippen molar-refractivity contribution in [3.8, 4) is 0 Å². The number of hydrogen-bond acceptors (Lipinski definition) is 4. The Kier molecular flexibility index (Phi) is 7.47. The average molecular weight is 297 g/mol. The van der Waals surface area contributed by atoms with Crippen molar-refractivity contribution >= 4 is 5.91 Å². The van der Waals surface area contributed by atoms with E-state index in [-0.39, 0.29) is 0 Å². The maximum Gasteiger partial charge on any atom is 0.223 e. The van der Waals surface area contributed by atoms with Gasteiger partial charge in [-0.15, -0.1) is 0 Å². The highest BCUT2D eigenvalue weighted by molar-refractivity contribution is 5.76. The zero-order chi connectivity index (χ0) is 14.9. The summed E-state index contributed by atoms with van der Waals surface area (Å²) in [6.07, 6.45) is 4.22. The summed E-state index contributed by atoms with van der Waals surface area (Å²) < 4.78 is 5.34. The van der Waals surface area contributed by atoms with Crippen LogP contribution in [0.1, 0.15) is 32.6 Å². The number of ether oxygens (including phenoxy) is 1. The second-order valence-corrected chi connectivity index (χ2v) is 6.39. The Balaban J connectivity index is 1.46. The molecule has 21 heavy (non-hydrogen) atoms. The Morgan fingerprint density at radius 3 is 2.81 bits per heavy atom. The summed E-state index contributed by atoms with van der Waals surface area (Å²) in [7, 11) is 0. The monoisotopic (exact) mass is 297 g/mol. The average Bonchev–Trinajstić information content (AvgIpc) is 2.51. The standard InChI is InChI=1S/C16H31N3O2/c1-15-4-2-9-19(14-15)16(20)5-7-17-6-3-8-18-10-12-21-13-11-18/h15,17H,2-14H2,1H3/t15-/m0/s1. The van der Waals surface area contributed by atoms with Crippen LogP contribution in [0.2, 0.25) is 0 Å². The first kappa shape index (κ1) is 16.7. The second-order valence-electron chi connectivity index (χ2n) is 6.39. The molecule has 5 nitrogen and oxygen atoms in total. The molecule has 1 N–H and O–H groups in total. The van der Waals surface area contributed by atoms with E-state index in [1.165, 1.54) is 12.8 Å². The van der Waals surface area contributed by atoms with Crippen molar-refractivity contribution in [3.63, 3.8) is 0 Å². The first-order valence-corrected chi connectivity index (χ1v) is 8.54. The van der Waals surface area contributed by atoms with E-state index in [1.807, 2.05) is 4.90 Å². The van der Waals surface area contributed by atoms with E-state index >= 15 is 0 Å². The molecular weight excluding hydrogens is 266 g/mol. The summed E-state index contributed by atoms with van der Waals surface area (Å²) in [5.74, 6) is 0.992. The Morgan fingerprint density at radius 1 is 1.24 bits per heavy atom. The first-order chi connectivity index (χ1) is 10.3. The molecule has 122 valence electrons. The zero-order valence-electron chi connectivity index (χ0n) is 13.5. The molecule has 0 aromatic rings. The van der Waals surface area contributed by atoms with Crippen LogP contribution < -0.4 is 5.32 Å². The number of nitrogens with zero attached hydrogens (tertiary/aromatic N) is 2. The van der Waals surface area contributed by atoms with Crippen molar-refractivity contribution in [1.29, 1.82) is 0 Å². The number of nitrogens with one attached hydrogen (secondary N) is 1. The number of likely N-dealkylation sites (tertiary alicyclic amines) is 1. The molecule has 1 atom stereocenters. The summed E-state index contributed by atoms with van der Waals surface area (Å²) in [5.41, 5.74) is 0. The lowest BCUT2D eigenvalue weighted by molar-refractivity contribution is -0.132. The molecule has 2 aliphatic heterocycles. The van der Waals surface area contributed by atoms with Gasteiger partial charge in [-0.25, -0.2) is 0 Å². The maximum atomic E-state index is 12.1. The lowest BCUT2D eigenvalue weighted by Crippen LogP contribution is -2.40. The van der Waals surface area contributed by atoms with Gasteiger partial charge < -0.3 is 15.0 Å². The molecule has 0 aromatic carbocycles. The summed E-state index contributed by atoms with van der Waals surface area (Å²) in [4.78, 5) is 16.6. The van der Waals surface area contributed by atoms with Crippen molar-refractivity contribution in [2.75, 3.05) is 59.0 Å². The first-order valence-electron chi connectivity index (χ1n) is 8.54. The molecule has 2 fully saturated rings. The van der Waals surface area contributed by atoms with Crippen molar-refractivity contribution in [1.82, 2.24) is 15.1 Å². The molecule has 5 heteroatoms. The number of morpholine rings is 1. The highest BCUT2D eigenvalue weighted by Crippen LogP contribution is 2.15. The van der Waals surface area contributed by atoms with Gasteiger partial charge in [-0.05, 0) is 38.3 Å². The van der Waals surface area contributed by atoms with Crippen LogP contribution in [0.4, 0.5) is 0 Å². The number of carbonyl (C=O) groups excluding carboxylic acids is 1. The molecular formula is C16H31N3O2. The van der Waals surface area contributed by atoms with Crippen molar-refractivity contribution in [2.45, 2.75) is 32.6 Å². The van der Waals surface area contributed by atoms with Gasteiger partial charge in [0.25, 0.3) is 0 Å². The van der Waals surface area contributed by atoms with E-state index in [4.69, 9.17) is 4.74 Å². The second kappa shape index (κ2) is 9.38. The quantitative estimate of drug-likeness (QED) is 0.711. The van der Waals surface area contributed by atoms with Crippen LogP contribution in [0.25, 0.3) is 0 Å². The molecule has 0 aromatic heterocycles. The number of carbonyl (C=O) groups is 1. The SMILES string of the molecule is C[C@H]1CCCN(C(=O)CCNCCCN2CCOCC2)C1. The molecule has 0 saturated carbocycles. The minimum atomic E-state index is 0.322. The predicted octanol–water partition coefficient (Wildman–Crippen LogP) is 0.947. The molecule has 2 saturated heterocycles. The summed E-state index contributed by atoms with van der Waals surface area (Å²) in [6, 6.07) is 0. The lowest BCUT2D eigenvalue weighted by Gasteiger charge is -2.31. The van der Waals surface area contributed by atoms with Crippen LogP contribution in [0, 0.1) is 5.92 Å². The van der Waals surface area contributed by atoms with Gasteiger partial charge >= 0.3 is 0 Å². The fourth-order valence-electron chi connectivity index (χ4n) is 3.15. The molecule has 0 bridgehead atoms. The molecule has 0 aliphatic carbocycles. The molecule has 2 rings (SSSR count). The highest BCUT2D eigenvalue weighted by Gasteiger charge is 2.20. The number of hydrogen-bond donors (Lipinski definition) is 1. The smallest absolute Gasteiger partial charge is 0.223 e. The third kappa shape index (κ3) is 6.32. The van der Waals surface area contributed by atoms with Crippen molar-refractivity contribution in [3.05, 3.63) is 0 Å². The van der Waals surface area contributed by atoms with Crippen LogP contribution >= 0.6 is 0 Å². The maximum absolute atomic E-state index is 12.1. The normalized spacial score (nSPS) is 24.2. The van der Waals surface area contributed by atoms with Crippen molar-refractivity contribution < 1.29 is 9.53 Å². The Bertz CT molecular complexity index is 306. The van der Waals surface area contributed by atoms with E-state index in [1.54, 1.807) is 0 Å². The van der Waals surface area contributed by atoms with Gasteiger partial charge in [0.05, 0.1) is 13.2 Å². The van der Waals surface area contributed by atoms with E-state index in [0.717, 1.165) is 65.4 Å². The van der Waals surface area contributed by atoms with Gasteiger partial charge in [-0.3, -0.25) is 9.69 Å².